The Morgan fingerprint density at radius 2 is 1.57 bits per heavy atom. The molecule has 9 nitrogen and oxygen atoms in total. The summed E-state index contributed by atoms with van der Waals surface area (Å²) in [4.78, 5) is 26.3. The van der Waals surface area contributed by atoms with E-state index in [-0.39, 0.29) is 5.91 Å². The van der Waals surface area contributed by atoms with Gasteiger partial charge in [-0.3, -0.25) is 9.59 Å². The van der Waals surface area contributed by atoms with Crippen molar-refractivity contribution in [3.8, 4) is 0 Å². The summed E-state index contributed by atoms with van der Waals surface area (Å²) in [6.07, 6.45) is 3.96. The van der Waals surface area contributed by atoms with E-state index in [0.717, 1.165) is 22.4 Å². The summed E-state index contributed by atoms with van der Waals surface area (Å²) in [6.45, 7) is 3.60. The summed E-state index contributed by atoms with van der Waals surface area (Å²) < 4.78 is 33.5. The first kappa shape index (κ1) is 29.0. The van der Waals surface area contributed by atoms with Crippen LogP contribution in [0, 0.1) is 0 Å². The van der Waals surface area contributed by atoms with Gasteiger partial charge < -0.3 is 15.0 Å². The van der Waals surface area contributed by atoms with Crippen molar-refractivity contribution in [3.05, 3.63) is 101 Å². The topological polar surface area (TPSA) is 108 Å². The normalized spacial score (nSPS) is 15.1. The van der Waals surface area contributed by atoms with Crippen LogP contribution in [0.15, 0.2) is 78.9 Å². The smallest absolute Gasteiger partial charge is 0.323 e. The Hall–Kier alpha value is -3.99. The fourth-order valence-electron chi connectivity index (χ4n) is 4.36. The SMILES string of the molecule is COC(=O)[C@@H](C)NS(=O)(=O)N1CCN(c2ccc(C=Cc3cccc(C(=O)NCc4ccccc4)c3)cc2)CC1. The van der Waals surface area contributed by atoms with Crippen LogP contribution >= 0.6 is 0 Å². The van der Waals surface area contributed by atoms with Gasteiger partial charge >= 0.3 is 5.97 Å². The molecule has 40 heavy (non-hydrogen) atoms. The van der Waals surface area contributed by atoms with Crippen LogP contribution in [0.1, 0.15) is 34.0 Å². The second-order valence-electron chi connectivity index (χ2n) is 9.47. The number of esters is 1. The third kappa shape index (κ3) is 7.78. The summed E-state index contributed by atoms with van der Waals surface area (Å²) in [5.74, 6) is -0.751. The molecule has 1 fully saturated rings. The first-order valence-electron chi connectivity index (χ1n) is 13.1. The van der Waals surface area contributed by atoms with Gasteiger partial charge in [0.15, 0.2) is 0 Å². The molecule has 0 saturated carbocycles. The summed E-state index contributed by atoms with van der Waals surface area (Å²) in [7, 11) is -2.57. The van der Waals surface area contributed by atoms with Crippen LogP contribution < -0.4 is 14.9 Å². The molecular formula is C30H34N4O5S. The van der Waals surface area contributed by atoms with E-state index in [1.165, 1.54) is 18.3 Å². The highest BCUT2D eigenvalue weighted by atomic mass is 32.2. The molecule has 3 aromatic carbocycles. The Bertz CT molecular complexity index is 1430. The van der Waals surface area contributed by atoms with Gasteiger partial charge in [0.2, 0.25) is 0 Å². The van der Waals surface area contributed by atoms with Gasteiger partial charge in [-0.15, -0.1) is 0 Å². The van der Waals surface area contributed by atoms with Crippen LogP contribution in [0.2, 0.25) is 0 Å². The number of amides is 1. The van der Waals surface area contributed by atoms with Gasteiger partial charge in [0.05, 0.1) is 7.11 Å². The van der Waals surface area contributed by atoms with Crippen molar-refractivity contribution in [2.75, 3.05) is 38.2 Å². The van der Waals surface area contributed by atoms with Crippen LogP contribution in [0.4, 0.5) is 5.69 Å². The number of piperazine rings is 1. The monoisotopic (exact) mass is 562 g/mol. The van der Waals surface area contributed by atoms with E-state index in [1.807, 2.05) is 84.9 Å². The lowest BCUT2D eigenvalue weighted by atomic mass is 10.1. The van der Waals surface area contributed by atoms with Gasteiger partial charge in [-0.1, -0.05) is 66.7 Å². The largest absolute Gasteiger partial charge is 0.468 e. The third-order valence-corrected chi connectivity index (χ3v) is 8.33. The number of nitrogens with one attached hydrogen (secondary N) is 2. The van der Waals surface area contributed by atoms with Gasteiger partial charge in [-0.05, 0) is 47.9 Å². The summed E-state index contributed by atoms with van der Waals surface area (Å²) >= 11 is 0. The first-order valence-corrected chi connectivity index (χ1v) is 14.5. The molecule has 0 spiro atoms. The molecule has 1 saturated heterocycles. The number of ether oxygens (including phenoxy) is 1. The molecule has 210 valence electrons. The van der Waals surface area contributed by atoms with Crippen molar-refractivity contribution in [2.24, 2.45) is 0 Å². The van der Waals surface area contributed by atoms with Gasteiger partial charge in [0, 0.05) is 44.0 Å². The number of benzene rings is 3. The Morgan fingerprint density at radius 3 is 2.25 bits per heavy atom. The van der Waals surface area contributed by atoms with E-state index in [1.54, 1.807) is 6.07 Å². The lowest BCUT2D eigenvalue weighted by molar-refractivity contribution is -0.142. The molecule has 1 atom stereocenters. The second kappa shape index (κ2) is 13.4. The van der Waals surface area contributed by atoms with Crippen molar-refractivity contribution in [1.29, 1.82) is 0 Å². The van der Waals surface area contributed by atoms with Crippen molar-refractivity contribution >= 4 is 39.9 Å². The zero-order valence-electron chi connectivity index (χ0n) is 22.6. The van der Waals surface area contributed by atoms with Crippen LogP contribution in [-0.4, -0.2) is 63.9 Å². The third-order valence-electron chi connectivity index (χ3n) is 6.63. The zero-order chi connectivity index (χ0) is 28.5. The Kier molecular flexibility index (Phi) is 9.70. The summed E-state index contributed by atoms with van der Waals surface area (Å²) in [5.41, 5.74) is 4.57. The van der Waals surface area contributed by atoms with Crippen molar-refractivity contribution in [3.63, 3.8) is 0 Å². The van der Waals surface area contributed by atoms with E-state index < -0.39 is 22.2 Å². The van der Waals surface area contributed by atoms with E-state index >= 15 is 0 Å². The Balaban J connectivity index is 1.30. The minimum atomic E-state index is -3.79. The number of hydrogen-bond acceptors (Lipinski definition) is 6. The molecule has 1 aliphatic rings. The lowest BCUT2D eigenvalue weighted by Crippen LogP contribution is -2.54. The molecule has 1 aliphatic heterocycles. The lowest BCUT2D eigenvalue weighted by Gasteiger charge is -2.35. The van der Waals surface area contributed by atoms with Crippen molar-refractivity contribution in [2.45, 2.75) is 19.5 Å². The molecule has 2 N–H and O–H groups in total. The van der Waals surface area contributed by atoms with Gasteiger partial charge in [0.1, 0.15) is 6.04 Å². The van der Waals surface area contributed by atoms with Crippen molar-refractivity contribution in [1.82, 2.24) is 14.3 Å². The van der Waals surface area contributed by atoms with E-state index in [9.17, 15) is 18.0 Å². The van der Waals surface area contributed by atoms with Gasteiger partial charge in [-0.2, -0.15) is 17.4 Å². The highest BCUT2D eigenvalue weighted by Crippen LogP contribution is 2.20. The number of carbonyl (C=O) groups is 2. The fourth-order valence-corrected chi connectivity index (χ4v) is 5.70. The van der Waals surface area contributed by atoms with Crippen LogP contribution in [-0.2, 0) is 26.3 Å². The molecule has 0 aliphatic carbocycles. The fraction of sp³-hybridized carbons (Fsp3) is 0.267. The number of rotatable bonds is 10. The van der Waals surface area contributed by atoms with Crippen molar-refractivity contribution < 1.29 is 22.7 Å². The zero-order valence-corrected chi connectivity index (χ0v) is 23.4. The minimum Gasteiger partial charge on any atom is -0.468 e. The predicted molar refractivity (Wildman–Crippen MR) is 157 cm³/mol. The molecule has 0 unspecified atom stereocenters. The van der Waals surface area contributed by atoms with Gasteiger partial charge in [-0.25, -0.2) is 0 Å². The number of methoxy groups -OCH3 is 1. The predicted octanol–water partition coefficient (Wildman–Crippen LogP) is 3.30. The average molecular weight is 563 g/mol. The molecule has 4 rings (SSSR count). The highest BCUT2D eigenvalue weighted by molar-refractivity contribution is 7.87. The molecule has 1 amide bonds. The Labute approximate surface area is 235 Å². The molecule has 10 heteroatoms. The molecule has 0 radical (unpaired) electrons. The minimum absolute atomic E-state index is 0.120. The number of nitrogens with zero attached hydrogens (tertiary/aromatic N) is 2. The maximum Gasteiger partial charge on any atom is 0.323 e. The number of hydrogen-bond donors (Lipinski definition) is 2. The average Bonchev–Trinajstić information content (AvgIpc) is 2.99. The first-order chi connectivity index (χ1) is 19.2. The van der Waals surface area contributed by atoms with E-state index in [4.69, 9.17) is 0 Å². The molecule has 3 aromatic rings. The van der Waals surface area contributed by atoms with E-state index in [2.05, 4.69) is 19.7 Å². The molecule has 0 bridgehead atoms. The van der Waals surface area contributed by atoms with Crippen LogP contribution in [0.25, 0.3) is 12.2 Å². The maximum absolute atomic E-state index is 12.6. The number of carbonyl (C=O) groups excluding carboxylic acids is 2. The molecular weight excluding hydrogens is 528 g/mol. The van der Waals surface area contributed by atoms with Crippen LogP contribution in [0.3, 0.4) is 0 Å². The maximum atomic E-state index is 12.6. The van der Waals surface area contributed by atoms with E-state index in [0.29, 0.717) is 38.3 Å². The summed E-state index contributed by atoms with van der Waals surface area (Å²) in [6, 6.07) is 24.3. The second-order valence-corrected chi connectivity index (χ2v) is 11.2. The quantitative estimate of drug-likeness (QED) is 0.290. The van der Waals surface area contributed by atoms with Crippen LogP contribution in [0.5, 0.6) is 0 Å². The molecule has 0 aromatic heterocycles. The van der Waals surface area contributed by atoms with Gasteiger partial charge in [0.25, 0.3) is 16.1 Å². The summed E-state index contributed by atoms with van der Waals surface area (Å²) in [5, 5.41) is 2.95. The number of anilines is 1. The standard InChI is InChI=1S/C30H34N4O5S/c1-23(30(36)39-2)32-40(37,38)34-19-17-33(18-20-34)28-15-13-24(14-16-28)11-12-25-9-6-10-27(21-25)29(35)31-22-26-7-4-3-5-8-26/h3-16,21,23,32H,17-20,22H2,1-2H3,(H,31,35)/t23-/m1/s1. The highest BCUT2D eigenvalue weighted by Gasteiger charge is 2.30. The Morgan fingerprint density at radius 1 is 0.900 bits per heavy atom. The molecule has 1 heterocycles.